The molecule has 2 aliphatic rings. The first-order chi connectivity index (χ1) is 26.5. The third kappa shape index (κ3) is 15.0. The van der Waals surface area contributed by atoms with Crippen LogP contribution in [0, 0.1) is 0 Å². The van der Waals surface area contributed by atoms with Gasteiger partial charge in [0.05, 0.1) is 23.2 Å². The van der Waals surface area contributed by atoms with E-state index in [9.17, 15) is 40.3 Å². The summed E-state index contributed by atoms with van der Waals surface area (Å²) < 4.78 is 81.1. The second kappa shape index (κ2) is 18.8. The summed E-state index contributed by atoms with van der Waals surface area (Å²) in [7, 11) is -8.45. The minimum absolute atomic E-state index is 0.0602. The van der Waals surface area contributed by atoms with Gasteiger partial charge in [-0.25, -0.2) is 14.6 Å². The number of nitrogens with one attached hydrogen (secondary N) is 3. The number of amides is 3. The molecule has 0 aromatic heterocycles. The number of carbonyl (C=O) groups is 3. The maximum atomic E-state index is 13.9. The maximum absolute atomic E-state index is 13.9. The number of ether oxygens (including phenoxy) is 3. The van der Waals surface area contributed by atoms with Gasteiger partial charge in [0, 0.05) is 36.5 Å². The molecule has 19 heteroatoms. The van der Waals surface area contributed by atoms with E-state index < -0.39 is 73.1 Å². The molecule has 3 amide bonds. The minimum Gasteiger partial charge on any atom is -0.453 e. The average Bonchev–Trinajstić information content (AvgIpc) is 3.07. The highest BCUT2D eigenvalue weighted by atomic mass is 32.2. The molecule has 0 spiro atoms. The number of anilines is 1. The molecule has 0 saturated carbocycles. The molecule has 2 aromatic rings. The Morgan fingerprint density at radius 1 is 0.877 bits per heavy atom. The summed E-state index contributed by atoms with van der Waals surface area (Å²) in [5, 5.41) is 9.65. The van der Waals surface area contributed by atoms with Crippen molar-refractivity contribution >= 4 is 66.2 Å². The highest BCUT2D eigenvalue weighted by Gasteiger charge is 2.29. The van der Waals surface area contributed by atoms with Gasteiger partial charge in [-0.15, -0.1) is 0 Å². The summed E-state index contributed by atoms with van der Waals surface area (Å²) >= 11 is 0. The number of nitrogens with zero attached hydrogens (tertiary/aromatic N) is 2. The lowest BCUT2D eigenvalue weighted by atomic mass is 10.0. The van der Waals surface area contributed by atoms with Crippen molar-refractivity contribution < 1.29 is 54.5 Å². The van der Waals surface area contributed by atoms with Crippen LogP contribution in [-0.4, -0.2) is 109 Å². The van der Waals surface area contributed by atoms with Gasteiger partial charge < -0.3 is 30.2 Å². The number of alkyl carbamates (subject to hydrolysis) is 2. The van der Waals surface area contributed by atoms with Crippen LogP contribution in [0.5, 0.6) is 5.75 Å². The highest BCUT2D eigenvalue weighted by Crippen LogP contribution is 2.44. The summed E-state index contributed by atoms with van der Waals surface area (Å²) in [4.78, 5) is 45.5. The van der Waals surface area contributed by atoms with Crippen LogP contribution in [0.15, 0.2) is 59.3 Å². The number of unbranched alkanes of at least 4 members (excludes halogenated alkanes) is 1. The van der Waals surface area contributed by atoms with Gasteiger partial charge in [0.1, 0.15) is 28.6 Å². The predicted octanol–water partition coefficient (Wildman–Crippen LogP) is 5.51. The van der Waals surface area contributed by atoms with Crippen LogP contribution in [-0.2, 0) is 34.5 Å². The Morgan fingerprint density at radius 2 is 1.47 bits per heavy atom. The van der Waals surface area contributed by atoms with Crippen molar-refractivity contribution in [2.45, 2.75) is 96.9 Å². The van der Waals surface area contributed by atoms with E-state index in [1.165, 1.54) is 0 Å². The topological polar surface area (TPSA) is 239 Å². The van der Waals surface area contributed by atoms with Crippen molar-refractivity contribution in [3.8, 4) is 5.75 Å². The van der Waals surface area contributed by atoms with Crippen molar-refractivity contribution in [2.75, 3.05) is 36.5 Å². The van der Waals surface area contributed by atoms with E-state index in [-0.39, 0.29) is 32.4 Å². The molecule has 2 atom stereocenters. The lowest BCUT2D eigenvalue weighted by Crippen LogP contribution is -2.45. The molecule has 1 aliphatic heterocycles. The quantitative estimate of drug-likeness (QED) is 0.0977. The van der Waals surface area contributed by atoms with Gasteiger partial charge in [0.25, 0.3) is 20.2 Å². The molecule has 17 nitrogen and oxygen atoms in total. The number of rotatable bonds is 17. The van der Waals surface area contributed by atoms with Crippen LogP contribution in [0.4, 0.5) is 21.0 Å². The van der Waals surface area contributed by atoms with Crippen LogP contribution in [0.2, 0.25) is 0 Å². The number of aliphatic imine (C=N–C) groups is 1. The molecule has 1 heterocycles. The highest BCUT2D eigenvalue weighted by molar-refractivity contribution is 7.86. The molecule has 0 saturated heterocycles. The summed E-state index contributed by atoms with van der Waals surface area (Å²) in [6.45, 7) is 11.1. The number of fused-ring (bicyclic) bond motifs is 4. The van der Waals surface area contributed by atoms with Crippen molar-refractivity contribution in [1.82, 2.24) is 15.5 Å². The van der Waals surface area contributed by atoms with Gasteiger partial charge in [-0.2, -0.15) is 16.8 Å². The van der Waals surface area contributed by atoms with Crippen molar-refractivity contribution in [3.63, 3.8) is 0 Å². The van der Waals surface area contributed by atoms with E-state index >= 15 is 0 Å². The molecule has 4 rings (SSSR count). The molecule has 314 valence electrons. The third-order valence-corrected chi connectivity index (χ3v) is 10.0. The standard InChI is InChI=1S/C38H53N5O12S2/c1-37(2,3)54-35(45)39-18-10-9-15-29(42-36(46)55-38(4,5)6)34(44)41-30-24-32-33(27-14-8-7-13-26(27)30)40-28-17-16-25(23-31(28)53-32)43(19-11-21-56(47,48)49)20-12-22-57(50,51)52/h7-8,13-14,16-17,23-25,29H,9-12,15,18-22H2,1-6H3,(H,39,45)(H,41,44)(H,42,46)(H,47,48,49)(H,50,51,52)/t25?,29-/m0/s1. The first kappa shape index (κ1) is 45.1. The number of allylic oxidation sites excluding steroid dienone is 1. The number of benzene rings is 2. The van der Waals surface area contributed by atoms with Gasteiger partial charge >= 0.3 is 12.2 Å². The van der Waals surface area contributed by atoms with Crippen LogP contribution in [0.1, 0.15) is 73.6 Å². The fourth-order valence-corrected chi connectivity index (χ4v) is 7.06. The SMILES string of the molecule is CC(C)(C)OC(=O)NCCCC[C@H](NC(=O)OC(C)(C)C)C(=O)Nc1cc2c(c3ccccc13)N=C1C=CC(N(CCCS(=O)(=O)O)CCCS(=O)(=O)O)C=C1O2. The average molecular weight is 836 g/mol. The van der Waals surface area contributed by atoms with E-state index in [0.717, 1.165) is 0 Å². The van der Waals surface area contributed by atoms with E-state index in [4.69, 9.17) is 19.2 Å². The van der Waals surface area contributed by atoms with Gasteiger partial charge in [-0.1, -0.05) is 30.3 Å². The maximum Gasteiger partial charge on any atom is 0.408 e. The summed E-state index contributed by atoms with van der Waals surface area (Å²) in [6.07, 6.45) is 5.26. The molecule has 1 unspecified atom stereocenters. The van der Waals surface area contributed by atoms with Gasteiger partial charge in [-0.05, 0) is 85.8 Å². The lowest BCUT2D eigenvalue weighted by Gasteiger charge is -2.31. The fourth-order valence-electron chi connectivity index (χ4n) is 6.07. The van der Waals surface area contributed by atoms with Crippen LogP contribution >= 0.6 is 0 Å². The van der Waals surface area contributed by atoms with Crippen LogP contribution < -0.4 is 20.7 Å². The van der Waals surface area contributed by atoms with E-state index in [2.05, 4.69) is 16.0 Å². The Labute approximate surface area is 333 Å². The Hall–Kier alpha value is -4.56. The van der Waals surface area contributed by atoms with E-state index in [1.807, 2.05) is 24.3 Å². The van der Waals surface area contributed by atoms with Gasteiger partial charge in [0.2, 0.25) is 5.91 Å². The van der Waals surface area contributed by atoms with Crippen molar-refractivity contribution in [3.05, 3.63) is 54.3 Å². The third-order valence-electron chi connectivity index (χ3n) is 8.43. The normalized spacial score (nSPS) is 16.1. The monoisotopic (exact) mass is 835 g/mol. The zero-order valence-corrected chi connectivity index (χ0v) is 34.7. The Kier molecular flexibility index (Phi) is 14.9. The van der Waals surface area contributed by atoms with E-state index in [0.29, 0.717) is 58.8 Å². The Morgan fingerprint density at radius 3 is 2.07 bits per heavy atom. The molecular formula is C38H53N5O12S2. The predicted molar refractivity (Wildman–Crippen MR) is 216 cm³/mol. The van der Waals surface area contributed by atoms with Gasteiger partial charge in [0.15, 0.2) is 11.5 Å². The minimum atomic E-state index is -4.23. The van der Waals surface area contributed by atoms with Crippen LogP contribution in [0.3, 0.4) is 0 Å². The molecule has 2 aromatic carbocycles. The summed E-state index contributed by atoms with van der Waals surface area (Å²) in [5.74, 6) is -0.820. The molecule has 0 bridgehead atoms. The first-order valence-electron chi connectivity index (χ1n) is 18.6. The molecule has 1 aliphatic carbocycles. The second-order valence-electron chi connectivity index (χ2n) is 15.7. The molecule has 0 fully saturated rings. The zero-order chi connectivity index (χ0) is 42.2. The van der Waals surface area contributed by atoms with Crippen LogP contribution in [0.25, 0.3) is 10.8 Å². The number of carbonyl (C=O) groups excluding carboxylic acids is 3. The molecule has 0 radical (unpaired) electrons. The van der Waals surface area contributed by atoms with Crippen molar-refractivity contribution in [2.24, 2.45) is 4.99 Å². The first-order valence-corrected chi connectivity index (χ1v) is 21.8. The van der Waals surface area contributed by atoms with Crippen molar-refractivity contribution in [1.29, 1.82) is 0 Å². The Balaban J connectivity index is 1.56. The summed E-state index contributed by atoms with van der Waals surface area (Å²) in [5.41, 5.74) is -0.0637. The summed E-state index contributed by atoms with van der Waals surface area (Å²) in [6, 6.07) is 7.42. The lowest BCUT2D eigenvalue weighted by molar-refractivity contribution is -0.118. The van der Waals surface area contributed by atoms with Gasteiger partial charge in [-0.3, -0.25) is 18.8 Å². The number of hydrogen-bond acceptors (Lipinski definition) is 12. The second-order valence-corrected chi connectivity index (χ2v) is 18.9. The smallest absolute Gasteiger partial charge is 0.408 e. The molecule has 5 N–H and O–H groups in total. The largest absolute Gasteiger partial charge is 0.453 e. The molecule has 57 heavy (non-hydrogen) atoms. The van der Waals surface area contributed by atoms with E-state index in [1.54, 1.807) is 70.7 Å². The number of hydrogen-bond donors (Lipinski definition) is 5. The Bertz CT molecular complexity index is 2080. The molecular weight excluding hydrogens is 783 g/mol. The zero-order valence-electron chi connectivity index (χ0n) is 33.0. The fraction of sp³-hybridized carbons (Fsp3) is 0.526.